The number of rotatable bonds is 4. The highest BCUT2D eigenvalue weighted by atomic mass is 35.5. The first kappa shape index (κ1) is 16.0. The number of carbonyl (C=O) groups excluding carboxylic acids is 1. The predicted octanol–water partition coefficient (Wildman–Crippen LogP) is 4.38. The van der Waals surface area contributed by atoms with Gasteiger partial charge in [0, 0.05) is 18.0 Å². The molecule has 2 heterocycles. The number of ether oxygens (including phenoxy) is 1. The standard InChI is InChI=1S/C17H14ClN3O3/c1-10-16(23-11(2)20-10)17(22)21-13-5-8-15(19-9-13)24-14-6-3-12(18)4-7-14/h3-9H,1-2H3,(H,21,22). The van der Waals surface area contributed by atoms with Crippen molar-refractivity contribution < 1.29 is 13.9 Å². The number of hydrogen-bond donors (Lipinski definition) is 1. The number of pyridine rings is 1. The van der Waals surface area contributed by atoms with Crippen molar-refractivity contribution in [2.24, 2.45) is 0 Å². The SMILES string of the molecule is Cc1nc(C)c(C(=O)Nc2ccc(Oc3ccc(Cl)cc3)nc2)o1. The molecule has 24 heavy (non-hydrogen) atoms. The zero-order valence-electron chi connectivity index (χ0n) is 13.0. The second-order valence-corrected chi connectivity index (χ2v) is 5.48. The second kappa shape index (κ2) is 6.72. The van der Waals surface area contributed by atoms with E-state index in [4.69, 9.17) is 20.8 Å². The third kappa shape index (κ3) is 3.72. The van der Waals surface area contributed by atoms with Gasteiger partial charge in [-0.25, -0.2) is 9.97 Å². The lowest BCUT2D eigenvalue weighted by Gasteiger charge is -2.06. The normalized spacial score (nSPS) is 10.5. The molecule has 6 nitrogen and oxygen atoms in total. The molecule has 7 heteroatoms. The number of amides is 1. The van der Waals surface area contributed by atoms with E-state index in [0.717, 1.165) is 0 Å². The Bertz CT molecular complexity index is 858. The van der Waals surface area contributed by atoms with Gasteiger partial charge in [0.15, 0.2) is 5.89 Å². The van der Waals surface area contributed by atoms with Gasteiger partial charge in [-0.05, 0) is 37.3 Å². The Labute approximate surface area is 143 Å². The summed E-state index contributed by atoms with van der Waals surface area (Å²) in [4.78, 5) is 20.4. The molecule has 3 aromatic rings. The third-order valence-electron chi connectivity index (χ3n) is 3.14. The van der Waals surface area contributed by atoms with Crippen molar-refractivity contribution in [3.05, 3.63) is 65.0 Å². The molecule has 122 valence electrons. The van der Waals surface area contributed by atoms with Crippen molar-refractivity contribution >= 4 is 23.2 Å². The van der Waals surface area contributed by atoms with Crippen LogP contribution in [0.1, 0.15) is 22.1 Å². The Morgan fingerprint density at radius 1 is 1.17 bits per heavy atom. The van der Waals surface area contributed by atoms with Gasteiger partial charge in [0.1, 0.15) is 5.75 Å². The van der Waals surface area contributed by atoms with Crippen molar-refractivity contribution in [1.29, 1.82) is 0 Å². The molecule has 1 amide bonds. The van der Waals surface area contributed by atoms with Crippen molar-refractivity contribution in [3.63, 3.8) is 0 Å². The summed E-state index contributed by atoms with van der Waals surface area (Å²) < 4.78 is 10.9. The second-order valence-electron chi connectivity index (χ2n) is 5.04. The van der Waals surface area contributed by atoms with Crippen LogP contribution in [0.25, 0.3) is 0 Å². The van der Waals surface area contributed by atoms with Gasteiger partial charge in [-0.1, -0.05) is 11.6 Å². The zero-order valence-corrected chi connectivity index (χ0v) is 13.8. The number of carbonyl (C=O) groups is 1. The maximum Gasteiger partial charge on any atom is 0.293 e. The van der Waals surface area contributed by atoms with E-state index in [1.54, 1.807) is 50.2 Å². The Hall–Kier alpha value is -2.86. The minimum absolute atomic E-state index is 0.189. The first-order valence-corrected chi connectivity index (χ1v) is 7.54. The highest BCUT2D eigenvalue weighted by Gasteiger charge is 2.16. The number of hydrogen-bond acceptors (Lipinski definition) is 5. The number of nitrogens with one attached hydrogen (secondary N) is 1. The monoisotopic (exact) mass is 343 g/mol. The molecule has 0 unspecified atom stereocenters. The number of aryl methyl sites for hydroxylation is 2. The number of anilines is 1. The van der Waals surface area contributed by atoms with Crippen LogP contribution in [0.4, 0.5) is 5.69 Å². The molecule has 0 spiro atoms. The molecule has 1 N–H and O–H groups in total. The quantitative estimate of drug-likeness (QED) is 0.760. The number of aromatic nitrogens is 2. The van der Waals surface area contributed by atoms with E-state index in [0.29, 0.717) is 33.9 Å². The molecule has 2 aromatic heterocycles. The van der Waals surface area contributed by atoms with Crippen LogP contribution in [0.15, 0.2) is 47.0 Å². The smallest absolute Gasteiger partial charge is 0.293 e. The highest BCUT2D eigenvalue weighted by Crippen LogP contribution is 2.22. The van der Waals surface area contributed by atoms with Gasteiger partial charge < -0.3 is 14.5 Å². The van der Waals surface area contributed by atoms with E-state index < -0.39 is 0 Å². The Kier molecular flexibility index (Phi) is 4.48. The lowest BCUT2D eigenvalue weighted by Crippen LogP contribution is -2.12. The average molecular weight is 344 g/mol. The Balaban J connectivity index is 1.67. The van der Waals surface area contributed by atoms with Crippen molar-refractivity contribution in [2.45, 2.75) is 13.8 Å². The minimum Gasteiger partial charge on any atom is -0.439 e. The van der Waals surface area contributed by atoms with Gasteiger partial charge in [0.2, 0.25) is 11.6 Å². The highest BCUT2D eigenvalue weighted by molar-refractivity contribution is 6.30. The van der Waals surface area contributed by atoms with E-state index in [1.807, 2.05) is 0 Å². The fraction of sp³-hybridized carbons (Fsp3) is 0.118. The zero-order chi connectivity index (χ0) is 17.1. The molecule has 3 rings (SSSR count). The summed E-state index contributed by atoms with van der Waals surface area (Å²) in [6, 6.07) is 10.3. The number of nitrogens with zero attached hydrogens (tertiary/aromatic N) is 2. The molecule has 0 saturated heterocycles. The van der Waals surface area contributed by atoms with Crippen LogP contribution in [0, 0.1) is 13.8 Å². The van der Waals surface area contributed by atoms with Crippen molar-refractivity contribution in [2.75, 3.05) is 5.32 Å². The largest absolute Gasteiger partial charge is 0.439 e. The molecule has 1 aromatic carbocycles. The first-order chi connectivity index (χ1) is 11.5. The molecule has 0 aliphatic carbocycles. The van der Waals surface area contributed by atoms with Crippen LogP contribution in [-0.4, -0.2) is 15.9 Å². The first-order valence-electron chi connectivity index (χ1n) is 7.16. The molecular formula is C17H14ClN3O3. The van der Waals surface area contributed by atoms with Gasteiger partial charge in [0.05, 0.1) is 17.6 Å². The van der Waals surface area contributed by atoms with Gasteiger partial charge in [-0.3, -0.25) is 4.79 Å². The molecule has 0 saturated carbocycles. The van der Waals surface area contributed by atoms with E-state index >= 15 is 0 Å². The maximum absolute atomic E-state index is 12.1. The fourth-order valence-corrected chi connectivity index (χ4v) is 2.19. The molecule has 0 aliphatic heterocycles. The van der Waals surface area contributed by atoms with E-state index in [-0.39, 0.29) is 11.7 Å². The number of halogens is 1. The average Bonchev–Trinajstić information content (AvgIpc) is 2.90. The van der Waals surface area contributed by atoms with Crippen LogP contribution in [0.3, 0.4) is 0 Å². The summed E-state index contributed by atoms with van der Waals surface area (Å²) in [5.41, 5.74) is 1.07. The Morgan fingerprint density at radius 3 is 2.50 bits per heavy atom. The summed E-state index contributed by atoms with van der Waals surface area (Å²) >= 11 is 5.82. The Morgan fingerprint density at radius 2 is 1.92 bits per heavy atom. The summed E-state index contributed by atoms with van der Waals surface area (Å²) in [7, 11) is 0. The summed E-state index contributed by atoms with van der Waals surface area (Å²) in [6.45, 7) is 3.40. The molecule has 0 radical (unpaired) electrons. The van der Waals surface area contributed by atoms with Crippen LogP contribution in [-0.2, 0) is 0 Å². The van der Waals surface area contributed by atoms with Crippen LogP contribution < -0.4 is 10.1 Å². The minimum atomic E-state index is -0.374. The van der Waals surface area contributed by atoms with Gasteiger partial charge in [0.25, 0.3) is 5.91 Å². The molecule has 0 bridgehead atoms. The lowest BCUT2D eigenvalue weighted by atomic mass is 10.3. The number of oxazole rings is 1. The summed E-state index contributed by atoms with van der Waals surface area (Å²) in [5.74, 6) is 1.29. The van der Waals surface area contributed by atoms with Gasteiger partial charge in [-0.2, -0.15) is 0 Å². The molecular weight excluding hydrogens is 330 g/mol. The maximum atomic E-state index is 12.1. The van der Waals surface area contributed by atoms with Crippen LogP contribution in [0.2, 0.25) is 5.02 Å². The predicted molar refractivity (Wildman–Crippen MR) is 89.7 cm³/mol. The lowest BCUT2D eigenvalue weighted by molar-refractivity contribution is 0.0994. The topological polar surface area (TPSA) is 77.2 Å². The van der Waals surface area contributed by atoms with Gasteiger partial charge in [-0.15, -0.1) is 0 Å². The molecule has 0 atom stereocenters. The number of benzene rings is 1. The third-order valence-corrected chi connectivity index (χ3v) is 3.39. The fourth-order valence-electron chi connectivity index (χ4n) is 2.07. The summed E-state index contributed by atoms with van der Waals surface area (Å²) in [5, 5.41) is 3.33. The van der Waals surface area contributed by atoms with E-state index in [9.17, 15) is 4.79 Å². The van der Waals surface area contributed by atoms with Crippen molar-refractivity contribution in [3.8, 4) is 11.6 Å². The molecule has 0 aliphatic rings. The molecule has 0 fully saturated rings. The summed E-state index contributed by atoms with van der Waals surface area (Å²) in [6.07, 6.45) is 1.50. The van der Waals surface area contributed by atoms with E-state index in [2.05, 4.69) is 15.3 Å². The van der Waals surface area contributed by atoms with Crippen molar-refractivity contribution in [1.82, 2.24) is 9.97 Å². The van der Waals surface area contributed by atoms with Gasteiger partial charge >= 0.3 is 0 Å². The van der Waals surface area contributed by atoms with Crippen LogP contribution >= 0.6 is 11.6 Å². The van der Waals surface area contributed by atoms with E-state index in [1.165, 1.54) is 6.20 Å². The van der Waals surface area contributed by atoms with Crippen LogP contribution in [0.5, 0.6) is 11.6 Å².